The summed E-state index contributed by atoms with van der Waals surface area (Å²) >= 11 is 0. The fraction of sp³-hybridized carbons (Fsp3) is 0.558. The number of benzene rings is 3. The van der Waals surface area contributed by atoms with Crippen molar-refractivity contribution in [1.29, 1.82) is 0 Å². The van der Waals surface area contributed by atoms with Crippen molar-refractivity contribution >= 4 is 22.5 Å². The van der Waals surface area contributed by atoms with Gasteiger partial charge in [0.15, 0.2) is 23.2 Å². The fourth-order valence-corrected chi connectivity index (χ4v) is 8.14. The monoisotopic (exact) mass is 746 g/mol. The van der Waals surface area contributed by atoms with Crippen LogP contribution in [-0.2, 0) is 39.5 Å². The van der Waals surface area contributed by atoms with Gasteiger partial charge in [-0.1, -0.05) is 84.0 Å². The molecule has 286 valence electrons. The molecular weight excluding hydrogens is 681 g/mol. The molecular formula is C43H66N2O5Si2. The van der Waals surface area contributed by atoms with Gasteiger partial charge < -0.3 is 28.5 Å². The van der Waals surface area contributed by atoms with E-state index in [1.54, 1.807) is 19.0 Å². The maximum Gasteiger partial charge on any atom is 0.259 e. The molecule has 3 aromatic rings. The Bertz CT molecular complexity index is 1610. The summed E-state index contributed by atoms with van der Waals surface area (Å²) in [6.45, 7) is 25.0. The quantitative estimate of drug-likeness (QED) is 0.147. The highest BCUT2D eigenvalue weighted by atomic mass is 28.4. The first-order valence-corrected chi connectivity index (χ1v) is 24.9. The molecule has 0 radical (unpaired) electrons. The summed E-state index contributed by atoms with van der Waals surface area (Å²) < 4.78 is 26.2. The van der Waals surface area contributed by atoms with Crippen LogP contribution >= 0.6 is 0 Å². The second kappa shape index (κ2) is 17.5. The first-order valence-electron chi connectivity index (χ1n) is 19.1. The van der Waals surface area contributed by atoms with Crippen molar-refractivity contribution in [3.8, 4) is 11.5 Å². The number of fused-ring (bicyclic) bond motifs is 1. The molecule has 52 heavy (non-hydrogen) atoms. The van der Waals surface area contributed by atoms with E-state index in [2.05, 4.69) is 128 Å². The summed E-state index contributed by atoms with van der Waals surface area (Å²) in [5.74, 6) is 1.60. The summed E-state index contributed by atoms with van der Waals surface area (Å²) in [4.78, 5) is 13.7. The first kappa shape index (κ1) is 41.8. The Morgan fingerprint density at radius 2 is 1.56 bits per heavy atom. The van der Waals surface area contributed by atoms with Crippen LogP contribution in [0.1, 0.15) is 81.9 Å². The second-order valence-electron chi connectivity index (χ2n) is 17.7. The van der Waals surface area contributed by atoms with Crippen molar-refractivity contribution in [2.75, 3.05) is 33.9 Å². The molecule has 1 aliphatic carbocycles. The Labute approximate surface area is 317 Å². The molecule has 3 aromatic carbocycles. The third-order valence-corrected chi connectivity index (χ3v) is 20.5. The number of ether oxygens (including phenoxy) is 2. The molecule has 4 rings (SSSR count). The molecule has 1 aliphatic rings. The van der Waals surface area contributed by atoms with Crippen LogP contribution < -0.4 is 14.8 Å². The molecule has 0 unspecified atom stereocenters. The van der Waals surface area contributed by atoms with Crippen molar-refractivity contribution in [1.82, 2.24) is 10.2 Å². The lowest BCUT2D eigenvalue weighted by molar-refractivity contribution is -0.130. The topological polar surface area (TPSA) is 69.3 Å². The molecule has 1 N–H and O–H groups in total. The number of aryl methyl sites for hydroxylation is 1. The normalized spacial score (nSPS) is 15.9. The van der Waals surface area contributed by atoms with Crippen molar-refractivity contribution in [2.24, 2.45) is 0 Å². The van der Waals surface area contributed by atoms with Gasteiger partial charge in [-0.2, -0.15) is 0 Å². The third kappa shape index (κ3) is 11.5. The molecule has 0 aliphatic heterocycles. The van der Waals surface area contributed by atoms with E-state index in [1.165, 1.54) is 16.7 Å². The van der Waals surface area contributed by atoms with Crippen LogP contribution in [0.25, 0.3) is 0 Å². The third-order valence-electron chi connectivity index (χ3n) is 11.4. The highest BCUT2D eigenvalue weighted by Gasteiger charge is 2.40. The summed E-state index contributed by atoms with van der Waals surface area (Å²) in [5, 5.41) is 4.14. The van der Waals surface area contributed by atoms with E-state index in [0.717, 1.165) is 48.3 Å². The average Bonchev–Trinajstić information content (AvgIpc) is 3.07. The number of hydrogen-bond acceptors (Lipinski definition) is 6. The smallest absolute Gasteiger partial charge is 0.259 e. The number of rotatable bonds is 16. The predicted octanol–water partition coefficient (Wildman–Crippen LogP) is 9.51. The maximum atomic E-state index is 12.1. The SMILES string of the molecule is CN(C)C(=O)COc1ccc2c(c1)C[C@@H](NC[C@H](O[Si](C)(C)C(C)(C)C)c1ccc(OCc3ccccc3)c(CCO[Si](C)(C)C(C)(C)C)c1)CC2. The van der Waals surface area contributed by atoms with Gasteiger partial charge in [0, 0.05) is 33.3 Å². The van der Waals surface area contributed by atoms with E-state index >= 15 is 0 Å². The van der Waals surface area contributed by atoms with Gasteiger partial charge >= 0.3 is 0 Å². The van der Waals surface area contributed by atoms with E-state index in [9.17, 15) is 4.79 Å². The summed E-state index contributed by atoms with van der Waals surface area (Å²) in [7, 11) is -0.541. The van der Waals surface area contributed by atoms with Crippen LogP contribution in [-0.4, -0.2) is 67.3 Å². The summed E-state index contributed by atoms with van der Waals surface area (Å²) in [6.07, 6.45) is 3.63. The van der Waals surface area contributed by atoms with Crippen molar-refractivity contribution in [3.05, 3.63) is 94.5 Å². The maximum absolute atomic E-state index is 12.1. The predicted molar refractivity (Wildman–Crippen MR) is 220 cm³/mol. The molecule has 0 spiro atoms. The minimum absolute atomic E-state index is 0.0421. The fourth-order valence-electron chi connectivity index (χ4n) is 5.81. The van der Waals surface area contributed by atoms with Crippen molar-refractivity contribution in [3.63, 3.8) is 0 Å². The minimum Gasteiger partial charge on any atom is -0.489 e. The Balaban J connectivity index is 1.56. The second-order valence-corrected chi connectivity index (χ2v) is 27.3. The van der Waals surface area contributed by atoms with Crippen LogP contribution in [0.2, 0.25) is 36.3 Å². The lowest BCUT2D eigenvalue weighted by Crippen LogP contribution is -2.45. The highest BCUT2D eigenvalue weighted by molar-refractivity contribution is 6.74. The number of hydrogen-bond donors (Lipinski definition) is 1. The lowest BCUT2D eigenvalue weighted by atomic mass is 9.88. The summed E-state index contributed by atoms with van der Waals surface area (Å²) in [5.41, 5.74) is 6.11. The number of likely N-dealkylation sites (N-methyl/N-ethyl adjacent to an activating group) is 1. The number of amides is 1. The van der Waals surface area contributed by atoms with Gasteiger partial charge in [0.2, 0.25) is 0 Å². The first-order chi connectivity index (χ1) is 24.3. The van der Waals surface area contributed by atoms with E-state index in [0.29, 0.717) is 25.8 Å². The highest BCUT2D eigenvalue weighted by Crippen LogP contribution is 2.41. The zero-order valence-corrected chi connectivity index (χ0v) is 36.2. The Kier molecular flexibility index (Phi) is 14.0. The largest absolute Gasteiger partial charge is 0.489 e. The van der Waals surface area contributed by atoms with Crippen LogP contribution in [0.4, 0.5) is 0 Å². The average molecular weight is 747 g/mol. The van der Waals surface area contributed by atoms with Crippen LogP contribution in [0.5, 0.6) is 11.5 Å². The molecule has 9 heteroatoms. The van der Waals surface area contributed by atoms with Crippen molar-refractivity contribution in [2.45, 2.75) is 122 Å². The van der Waals surface area contributed by atoms with E-state index in [-0.39, 0.29) is 28.7 Å². The molecule has 0 aromatic heterocycles. The lowest BCUT2D eigenvalue weighted by Gasteiger charge is -2.40. The zero-order valence-electron chi connectivity index (χ0n) is 34.2. The van der Waals surface area contributed by atoms with Gasteiger partial charge in [0.05, 0.1) is 6.10 Å². The molecule has 0 heterocycles. The number of nitrogens with zero attached hydrogens (tertiary/aromatic N) is 1. The van der Waals surface area contributed by atoms with E-state index in [1.807, 2.05) is 12.1 Å². The number of carbonyl (C=O) groups is 1. The standard InChI is InChI=1S/C43H66N2O5Si2/c1-42(2,3)51(9,10)49-25-24-35-26-34(20-23-39(35)48-30-32-16-14-13-15-17-32)40(50-52(11,12)43(4,5)6)29-44-37-21-18-33-19-22-38(28-36(33)27-37)47-31-41(46)45(7)8/h13-17,19-20,22-23,26,28,37,40,44H,18,21,24-25,27,29-31H2,1-12H3/t37-,40-/m0/s1. The van der Waals surface area contributed by atoms with Gasteiger partial charge in [-0.3, -0.25) is 4.79 Å². The van der Waals surface area contributed by atoms with Crippen LogP contribution in [0.15, 0.2) is 66.7 Å². The van der Waals surface area contributed by atoms with Crippen LogP contribution in [0, 0.1) is 0 Å². The van der Waals surface area contributed by atoms with Crippen molar-refractivity contribution < 1.29 is 23.1 Å². The molecule has 2 atom stereocenters. The van der Waals surface area contributed by atoms with Gasteiger partial charge in [-0.25, -0.2) is 0 Å². The molecule has 0 fully saturated rings. The minimum atomic E-state index is -2.13. The van der Waals surface area contributed by atoms with Gasteiger partial charge in [-0.05, 0) is 114 Å². The van der Waals surface area contributed by atoms with E-state index in [4.69, 9.17) is 18.3 Å². The van der Waals surface area contributed by atoms with Crippen LogP contribution in [0.3, 0.4) is 0 Å². The van der Waals surface area contributed by atoms with Gasteiger partial charge in [-0.15, -0.1) is 0 Å². The summed E-state index contributed by atoms with van der Waals surface area (Å²) in [6, 6.07) is 23.6. The van der Waals surface area contributed by atoms with Gasteiger partial charge in [0.1, 0.15) is 18.1 Å². The number of carbonyl (C=O) groups excluding carboxylic acids is 1. The molecule has 7 nitrogen and oxygen atoms in total. The molecule has 0 saturated heterocycles. The molecule has 1 amide bonds. The Hall–Kier alpha value is -2.96. The number of nitrogens with one attached hydrogen (secondary N) is 1. The van der Waals surface area contributed by atoms with E-state index < -0.39 is 16.6 Å². The zero-order chi connectivity index (χ0) is 38.3. The Morgan fingerprint density at radius 3 is 2.21 bits per heavy atom. The van der Waals surface area contributed by atoms with Gasteiger partial charge in [0.25, 0.3) is 5.91 Å². The molecule has 0 bridgehead atoms. The Morgan fingerprint density at radius 1 is 0.865 bits per heavy atom. The molecule has 0 saturated carbocycles.